The first kappa shape index (κ1) is 15.2. The third kappa shape index (κ3) is 3.89. The van der Waals surface area contributed by atoms with Crippen LogP contribution in [0, 0.1) is 0 Å². The van der Waals surface area contributed by atoms with Gasteiger partial charge in [0.2, 0.25) is 0 Å². The van der Waals surface area contributed by atoms with Gasteiger partial charge in [-0.05, 0) is 35.4 Å². The molecule has 1 aromatic heterocycles. The predicted octanol–water partition coefficient (Wildman–Crippen LogP) is 1.04. The van der Waals surface area contributed by atoms with Gasteiger partial charge < -0.3 is 0 Å². The van der Waals surface area contributed by atoms with Gasteiger partial charge in [0, 0.05) is 16.6 Å². The zero-order valence-electron chi connectivity index (χ0n) is 10.4. The first-order valence-electron chi connectivity index (χ1n) is 5.55. The summed E-state index contributed by atoms with van der Waals surface area (Å²) in [6, 6.07) is 5.06. The van der Waals surface area contributed by atoms with Crippen LogP contribution in [0.1, 0.15) is 5.56 Å². The van der Waals surface area contributed by atoms with Crippen LogP contribution in [0.2, 0.25) is 10.0 Å². The van der Waals surface area contributed by atoms with Gasteiger partial charge in [0.1, 0.15) is 0 Å². The van der Waals surface area contributed by atoms with Gasteiger partial charge in [-0.3, -0.25) is 0 Å². The molecule has 0 spiro atoms. The van der Waals surface area contributed by atoms with E-state index >= 15 is 0 Å². The third-order valence-electron chi connectivity index (χ3n) is 2.36. The number of hydrogen-bond acceptors (Lipinski definition) is 5. The minimum Gasteiger partial charge on any atom is -0.208 e. The van der Waals surface area contributed by atoms with Crippen molar-refractivity contribution in [1.82, 2.24) is 24.9 Å². The lowest BCUT2D eigenvalue weighted by atomic mass is 10.1. The van der Waals surface area contributed by atoms with E-state index in [1.54, 1.807) is 18.2 Å². The minimum atomic E-state index is -3.75. The van der Waals surface area contributed by atoms with Crippen LogP contribution in [-0.2, 0) is 23.5 Å². The van der Waals surface area contributed by atoms with Crippen LogP contribution in [0.3, 0.4) is 0 Å². The second kappa shape index (κ2) is 6.04. The Kier molecular flexibility index (Phi) is 4.59. The molecule has 0 unspecified atom stereocenters. The molecule has 7 nitrogen and oxygen atoms in total. The maximum absolute atomic E-state index is 11.8. The van der Waals surface area contributed by atoms with Crippen molar-refractivity contribution >= 4 is 33.2 Å². The zero-order valence-corrected chi connectivity index (χ0v) is 12.7. The summed E-state index contributed by atoms with van der Waals surface area (Å²) in [5.41, 5.74) is 0.831. The van der Waals surface area contributed by atoms with Gasteiger partial charge in [-0.25, -0.2) is 13.1 Å². The lowest BCUT2D eigenvalue weighted by Crippen LogP contribution is -2.27. The Bertz CT molecular complexity index is 696. The van der Waals surface area contributed by atoms with Crippen molar-refractivity contribution in [3.8, 4) is 0 Å². The molecule has 0 bridgehead atoms. The van der Waals surface area contributed by atoms with Gasteiger partial charge in [-0.1, -0.05) is 28.3 Å². The monoisotopic (exact) mass is 335 g/mol. The van der Waals surface area contributed by atoms with Crippen molar-refractivity contribution in [1.29, 1.82) is 0 Å². The van der Waals surface area contributed by atoms with Crippen LogP contribution in [0.5, 0.6) is 0 Å². The van der Waals surface area contributed by atoms with Crippen molar-refractivity contribution in [2.24, 2.45) is 7.05 Å². The normalized spacial score (nSPS) is 11.8. The fourth-order valence-corrected chi connectivity index (χ4v) is 2.96. The number of tetrazole rings is 1. The molecule has 108 valence electrons. The highest BCUT2D eigenvalue weighted by Gasteiger charge is 2.19. The molecule has 0 saturated heterocycles. The Morgan fingerprint density at radius 3 is 2.45 bits per heavy atom. The summed E-state index contributed by atoms with van der Waals surface area (Å²) < 4.78 is 26.0. The highest BCUT2D eigenvalue weighted by molar-refractivity contribution is 7.89. The Labute approximate surface area is 125 Å². The lowest BCUT2D eigenvalue weighted by molar-refractivity contribution is 0.569. The number of aromatic nitrogens is 4. The average Bonchev–Trinajstić information content (AvgIpc) is 2.75. The first-order chi connectivity index (χ1) is 9.37. The highest BCUT2D eigenvalue weighted by Crippen LogP contribution is 2.19. The highest BCUT2D eigenvalue weighted by atomic mass is 35.5. The van der Waals surface area contributed by atoms with E-state index in [9.17, 15) is 8.42 Å². The van der Waals surface area contributed by atoms with Crippen molar-refractivity contribution in [3.63, 3.8) is 0 Å². The molecule has 0 saturated carbocycles. The summed E-state index contributed by atoms with van der Waals surface area (Å²) in [6.45, 7) is 0.178. The smallest absolute Gasteiger partial charge is 0.208 e. The zero-order chi connectivity index (χ0) is 14.8. The van der Waals surface area contributed by atoms with E-state index in [0.717, 1.165) is 10.4 Å². The number of nitrogens with one attached hydrogen (secondary N) is 1. The third-order valence-corrected chi connectivity index (χ3v) is 4.02. The van der Waals surface area contributed by atoms with Crippen molar-refractivity contribution < 1.29 is 8.42 Å². The van der Waals surface area contributed by atoms with Crippen LogP contribution in [0.15, 0.2) is 23.4 Å². The molecule has 0 atom stereocenters. The number of benzene rings is 1. The van der Waals surface area contributed by atoms with Crippen molar-refractivity contribution in [3.05, 3.63) is 33.8 Å². The molecular weight excluding hydrogens is 325 g/mol. The van der Waals surface area contributed by atoms with Gasteiger partial charge >= 0.3 is 5.16 Å². The number of nitrogens with zero attached hydrogens (tertiary/aromatic N) is 4. The fourth-order valence-electron chi connectivity index (χ4n) is 1.52. The average molecular weight is 336 g/mol. The molecular formula is C10H11Cl2N5O2S. The first-order valence-corrected chi connectivity index (χ1v) is 7.79. The van der Waals surface area contributed by atoms with E-state index in [4.69, 9.17) is 23.2 Å². The molecule has 0 aliphatic rings. The molecule has 10 heteroatoms. The molecule has 1 N–H and O–H groups in total. The molecule has 20 heavy (non-hydrogen) atoms. The topological polar surface area (TPSA) is 89.8 Å². The van der Waals surface area contributed by atoms with E-state index in [0.29, 0.717) is 16.5 Å². The molecule has 0 fully saturated rings. The van der Waals surface area contributed by atoms with E-state index in [1.165, 1.54) is 7.05 Å². The summed E-state index contributed by atoms with van der Waals surface area (Å²) in [5, 5.41) is 11.2. The van der Waals surface area contributed by atoms with Crippen molar-refractivity contribution in [2.45, 2.75) is 11.6 Å². The molecule has 0 amide bonds. The number of aryl methyl sites for hydroxylation is 1. The Hall–Kier alpha value is -1.22. The summed E-state index contributed by atoms with van der Waals surface area (Å²) >= 11 is 11.7. The second-order valence-electron chi connectivity index (χ2n) is 3.99. The van der Waals surface area contributed by atoms with Gasteiger partial charge in [0.15, 0.2) is 0 Å². The Balaban J connectivity index is 1.99. The lowest BCUT2D eigenvalue weighted by Gasteiger charge is -2.04. The molecule has 0 aliphatic heterocycles. The number of halogens is 2. The SMILES string of the molecule is Cn1nnc(S(=O)(=O)NCCc2cc(Cl)cc(Cl)c2)n1. The van der Waals surface area contributed by atoms with Gasteiger partial charge in [-0.15, -0.1) is 5.10 Å². The van der Waals surface area contributed by atoms with E-state index in [-0.39, 0.29) is 11.7 Å². The van der Waals surface area contributed by atoms with E-state index in [1.807, 2.05) is 0 Å². The molecule has 0 radical (unpaired) electrons. The summed E-state index contributed by atoms with van der Waals surface area (Å²) in [6.07, 6.45) is 0.444. The second-order valence-corrected chi connectivity index (χ2v) is 6.52. The van der Waals surface area contributed by atoms with Gasteiger partial charge in [0.05, 0.1) is 7.05 Å². The fraction of sp³-hybridized carbons (Fsp3) is 0.300. The van der Waals surface area contributed by atoms with E-state index in [2.05, 4.69) is 20.1 Å². The van der Waals surface area contributed by atoms with E-state index < -0.39 is 10.0 Å². The number of hydrogen-bond donors (Lipinski definition) is 1. The Morgan fingerprint density at radius 2 is 1.90 bits per heavy atom. The minimum absolute atomic E-state index is 0.178. The van der Waals surface area contributed by atoms with Gasteiger partial charge in [0.25, 0.3) is 10.0 Å². The van der Waals surface area contributed by atoms with Gasteiger partial charge in [-0.2, -0.15) is 4.80 Å². The predicted molar refractivity (Wildman–Crippen MR) is 74.2 cm³/mol. The number of rotatable bonds is 5. The summed E-state index contributed by atoms with van der Waals surface area (Å²) in [5.74, 6) is 0. The van der Waals surface area contributed by atoms with Crippen LogP contribution < -0.4 is 4.72 Å². The molecule has 2 rings (SSSR count). The molecule has 0 aliphatic carbocycles. The van der Waals surface area contributed by atoms with Crippen LogP contribution in [0.4, 0.5) is 0 Å². The van der Waals surface area contributed by atoms with Crippen LogP contribution in [-0.4, -0.2) is 35.2 Å². The quantitative estimate of drug-likeness (QED) is 0.881. The maximum atomic E-state index is 11.8. The van der Waals surface area contributed by atoms with Crippen LogP contribution in [0.25, 0.3) is 0 Å². The standard InChI is InChI=1S/C10H11Cl2N5O2S/c1-17-15-10(14-16-17)20(18,19)13-3-2-7-4-8(11)6-9(12)5-7/h4-6,13H,2-3H2,1H3. The number of sulfonamides is 1. The molecule has 1 aromatic carbocycles. The summed E-state index contributed by atoms with van der Waals surface area (Å²) in [4.78, 5) is 1.07. The Morgan fingerprint density at radius 1 is 1.25 bits per heavy atom. The summed E-state index contributed by atoms with van der Waals surface area (Å²) in [7, 11) is -2.27. The molecule has 2 aromatic rings. The largest absolute Gasteiger partial charge is 0.303 e. The van der Waals surface area contributed by atoms with Crippen LogP contribution >= 0.6 is 23.2 Å². The maximum Gasteiger partial charge on any atom is 0.303 e. The van der Waals surface area contributed by atoms with Crippen molar-refractivity contribution in [2.75, 3.05) is 6.54 Å². The molecule has 1 heterocycles.